The number of halogens is 1. The molecule has 3 heterocycles. The van der Waals surface area contributed by atoms with Crippen molar-refractivity contribution in [2.45, 2.75) is 6.92 Å². The number of aromatic nitrogens is 3. The highest BCUT2D eigenvalue weighted by atomic mass is 32.1. The molecule has 0 aliphatic heterocycles. The van der Waals surface area contributed by atoms with Crippen LogP contribution in [-0.2, 0) is 7.05 Å². The number of fused-ring (bicyclic) bond motifs is 2. The standard InChI is InChI=1S/C24H18FN5O2S/c1-13-5-3-4-6-17(13)26-22-19(12-15-18(27-22)9-10-30(2)24(15)32)28-23(31)21-16-11-14(25)7-8-20(16)33-29-21/h3-12H,1-2H3,(H,26,27)(H,28,31). The zero-order chi connectivity index (χ0) is 23.1. The van der Waals surface area contributed by atoms with Crippen LogP contribution in [-0.4, -0.2) is 19.8 Å². The van der Waals surface area contributed by atoms with Crippen molar-refractivity contribution in [2.75, 3.05) is 10.6 Å². The molecule has 0 unspecified atom stereocenters. The van der Waals surface area contributed by atoms with Gasteiger partial charge in [0.15, 0.2) is 5.82 Å². The van der Waals surface area contributed by atoms with Crippen LogP contribution in [0.3, 0.4) is 0 Å². The second kappa shape index (κ2) is 8.10. The van der Waals surface area contributed by atoms with Crippen LogP contribution >= 0.6 is 11.5 Å². The van der Waals surface area contributed by atoms with Gasteiger partial charge in [-0.15, -0.1) is 0 Å². The first kappa shape index (κ1) is 20.8. The van der Waals surface area contributed by atoms with E-state index in [4.69, 9.17) is 0 Å². The number of carbonyl (C=O) groups is 1. The molecule has 33 heavy (non-hydrogen) atoms. The van der Waals surface area contributed by atoms with Gasteiger partial charge in [-0.25, -0.2) is 9.37 Å². The molecular weight excluding hydrogens is 441 g/mol. The molecule has 0 fully saturated rings. The Morgan fingerprint density at radius 2 is 1.88 bits per heavy atom. The molecule has 7 nitrogen and oxygen atoms in total. The number of pyridine rings is 2. The Morgan fingerprint density at radius 3 is 2.70 bits per heavy atom. The molecule has 3 aromatic heterocycles. The Balaban J connectivity index is 1.62. The van der Waals surface area contributed by atoms with E-state index in [1.807, 2.05) is 31.2 Å². The van der Waals surface area contributed by atoms with Gasteiger partial charge < -0.3 is 15.2 Å². The van der Waals surface area contributed by atoms with E-state index in [1.54, 1.807) is 31.4 Å². The Morgan fingerprint density at radius 1 is 1.06 bits per heavy atom. The number of rotatable bonds is 4. The van der Waals surface area contributed by atoms with Gasteiger partial charge >= 0.3 is 0 Å². The number of carbonyl (C=O) groups excluding carboxylic acids is 1. The number of amides is 1. The summed E-state index contributed by atoms with van der Waals surface area (Å²) in [6.07, 6.45) is 1.64. The fourth-order valence-electron chi connectivity index (χ4n) is 3.55. The average molecular weight is 460 g/mol. The number of benzene rings is 2. The summed E-state index contributed by atoms with van der Waals surface area (Å²) in [6.45, 7) is 1.95. The van der Waals surface area contributed by atoms with Gasteiger partial charge in [-0.1, -0.05) is 18.2 Å². The lowest BCUT2D eigenvalue weighted by Crippen LogP contribution is -2.18. The zero-order valence-corrected chi connectivity index (χ0v) is 18.5. The van der Waals surface area contributed by atoms with Crippen molar-refractivity contribution in [2.24, 2.45) is 7.05 Å². The number of hydrogen-bond donors (Lipinski definition) is 2. The van der Waals surface area contributed by atoms with Crippen molar-refractivity contribution in [3.63, 3.8) is 0 Å². The van der Waals surface area contributed by atoms with Gasteiger partial charge in [0.1, 0.15) is 11.5 Å². The minimum Gasteiger partial charge on any atom is -0.338 e. The van der Waals surface area contributed by atoms with E-state index in [2.05, 4.69) is 20.0 Å². The van der Waals surface area contributed by atoms with Gasteiger partial charge in [-0.3, -0.25) is 9.59 Å². The molecule has 0 aliphatic rings. The van der Waals surface area contributed by atoms with Crippen LogP contribution in [0.1, 0.15) is 16.1 Å². The second-order valence-electron chi connectivity index (χ2n) is 7.61. The largest absolute Gasteiger partial charge is 0.338 e. The first-order chi connectivity index (χ1) is 15.9. The topological polar surface area (TPSA) is 88.9 Å². The highest BCUT2D eigenvalue weighted by Crippen LogP contribution is 2.30. The van der Waals surface area contributed by atoms with Crippen LogP contribution in [0, 0.1) is 12.7 Å². The van der Waals surface area contributed by atoms with E-state index in [9.17, 15) is 14.0 Å². The lowest BCUT2D eigenvalue weighted by atomic mass is 10.2. The molecular formula is C24H18FN5O2S. The van der Waals surface area contributed by atoms with Crippen molar-refractivity contribution in [1.29, 1.82) is 0 Å². The molecule has 0 bridgehead atoms. The predicted octanol–water partition coefficient (Wildman–Crippen LogP) is 4.99. The van der Waals surface area contributed by atoms with Crippen LogP contribution in [0.5, 0.6) is 0 Å². The van der Waals surface area contributed by atoms with Gasteiger partial charge in [-0.2, -0.15) is 4.37 Å². The van der Waals surface area contributed by atoms with E-state index in [-0.39, 0.29) is 11.3 Å². The number of anilines is 3. The van der Waals surface area contributed by atoms with Crippen molar-refractivity contribution in [3.05, 3.63) is 88.2 Å². The normalized spacial score (nSPS) is 11.1. The van der Waals surface area contributed by atoms with E-state index < -0.39 is 11.7 Å². The lowest BCUT2D eigenvalue weighted by Gasteiger charge is -2.15. The Labute approximate surface area is 191 Å². The molecule has 0 spiro atoms. The summed E-state index contributed by atoms with van der Waals surface area (Å²) >= 11 is 1.12. The minimum atomic E-state index is -0.520. The number of para-hydroxylation sites is 1. The molecule has 0 aliphatic carbocycles. The summed E-state index contributed by atoms with van der Waals surface area (Å²) in [5.74, 6) is -0.591. The summed E-state index contributed by atoms with van der Waals surface area (Å²) in [7, 11) is 1.65. The summed E-state index contributed by atoms with van der Waals surface area (Å²) in [4.78, 5) is 30.4. The Bertz CT molecular complexity index is 1610. The van der Waals surface area contributed by atoms with Gasteiger partial charge in [0.25, 0.3) is 11.5 Å². The summed E-state index contributed by atoms with van der Waals surface area (Å²) in [5, 5.41) is 6.85. The van der Waals surface area contributed by atoms with Crippen molar-refractivity contribution in [3.8, 4) is 0 Å². The molecule has 0 atom stereocenters. The Kier molecular flexibility index (Phi) is 5.10. The first-order valence-electron chi connectivity index (χ1n) is 10.1. The number of aryl methyl sites for hydroxylation is 2. The monoisotopic (exact) mass is 459 g/mol. The van der Waals surface area contributed by atoms with Crippen molar-refractivity contribution in [1.82, 2.24) is 13.9 Å². The molecule has 1 amide bonds. The summed E-state index contributed by atoms with van der Waals surface area (Å²) < 4.78 is 20.1. The van der Waals surface area contributed by atoms with Gasteiger partial charge in [-0.05, 0) is 60.4 Å². The average Bonchev–Trinajstić information content (AvgIpc) is 3.22. The highest BCUT2D eigenvalue weighted by Gasteiger charge is 2.19. The van der Waals surface area contributed by atoms with Crippen molar-refractivity contribution < 1.29 is 9.18 Å². The van der Waals surface area contributed by atoms with E-state index >= 15 is 0 Å². The third-order valence-electron chi connectivity index (χ3n) is 5.35. The number of nitrogens with zero attached hydrogens (tertiary/aromatic N) is 3. The molecule has 0 saturated carbocycles. The van der Waals surface area contributed by atoms with Crippen molar-refractivity contribution >= 4 is 55.6 Å². The summed E-state index contributed by atoms with van der Waals surface area (Å²) in [6, 6.07) is 15.2. The maximum Gasteiger partial charge on any atom is 0.276 e. The Hall–Kier alpha value is -4.11. The fourth-order valence-corrected chi connectivity index (χ4v) is 4.31. The van der Waals surface area contributed by atoms with E-state index in [0.29, 0.717) is 32.5 Å². The molecule has 0 saturated heterocycles. The molecule has 5 rings (SSSR count). The molecule has 2 aromatic carbocycles. The van der Waals surface area contributed by atoms with E-state index in [0.717, 1.165) is 22.8 Å². The van der Waals surface area contributed by atoms with Gasteiger partial charge in [0.05, 0.1) is 21.3 Å². The summed E-state index contributed by atoms with van der Waals surface area (Å²) in [5.41, 5.74) is 2.48. The number of hydrogen-bond acceptors (Lipinski definition) is 6. The van der Waals surface area contributed by atoms with Crippen LogP contribution in [0.15, 0.2) is 65.6 Å². The number of nitrogens with one attached hydrogen (secondary N) is 2. The van der Waals surface area contributed by atoms with Crippen LogP contribution in [0.25, 0.3) is 21.0 Å². The third-order valence-corrected chi connectivity index (χ3v) is 6.18. The first-order valence-corrected chi connectivity index (χ1v) is 10.9. The second-order valence-corrected chi connectivity index (χ2v) is 8.42. The molecule has 9 heteroatoms. The highest BCUT2D eigenvalue weighted by molar-refractivity contribution is 7.13. The maximum atomic E-state index is 13.8. The van der Waals surface area contributed by atoms with Crippen LogP contribution < -0.4 is 16.2 Å². The van der Waals surface area contributed by atoms with Crippen LogP contribution in [0.2, 0.25) is 0 Å². The molecule has 0 radical (unpaired) electrons. The molecule has 164 valence electrons. The van der Waals surface area contributed by atoms with Gasteiger partial charge in [0.2, 0.25) is 0 Å². The van der Waals surface area contributed by atoms with Gasteiger partial charge in [0, 0.05) is 24.3 Å². The lowest BCUT2D eigenvalue weighted by molar-refractivity contribution is 0.102. The fraction of sp³-hybridized carbons (Fsp3) is 0.0833. The van der Waals surface area contributed by atoms with Crippen LogP contribution in [0.4, 0.5) is 21.6 Å². The predicted molar refractivity (Wildman–Crippen MR) is 129 cm³/mol. The SMILES string of the molecule is Cc1ccccc1Nc1nc2ccn(C)c(=O)c2cc1NC(=O)c1nsc2ccc(F)cc12. The molecule has 2 N–H and O–H groups in total. The minimum absolute atomic E-state index is 0.109. The quantitative estimate of drug-likeness (QED) is 0.395. The molecule has 5 aromatic rings. The zero-order valence-electron chi connectivity index (χ0n) is 17.7. The maximum absolute atomic E-state index is 13.8. The smallest absolute Gasteiger partial charge is 0.276 e. The van der Waals surface area contributed by atoms with E-state index in [1.165, 1.54) is 16.7 Å². The third kappa shape index (κ3) is 3.83.